The van der Waals surface area contributed by atoms with E-state index in [1.54, 1.807) is 0 Å². The third kappa shape index (κ3) is 7.59. The highest BCUT2D eigenvalue weighted by molar-refractivity contribution is 6.30. The van der Waals surface area contributed by atoms with Crippen LogP contribution in [-0.4, -0.2) is 36.0 Å². The molecule has 10 nitrogen and oxygen atoms in total. The summed E-state index contributed by atoms with van der Waals surface area (Å²) in [5, 5.41) is 15.9. The molecule has 0 radical (unpaired) electrons. The average molecular weight is 450 g/mol. The Kier molecular flexibility index (Phi) is 8.33. The number of imide groups is 1. The average Bonchev–Trinajstić information content (AvgIpc) is 2.72. The molecule has 2 N–H and O–H groups in total. The van der Waals surface area contributed by atoms with Gasteiger partial charge < -0.3 is 14.8 Å². The number of carbonyl (C=O) groups excluding carboxylic acids is 3. The summed E-state index contributed by atoms with van der Waals surface area (Å²) in [5.41, 5.74) is -0.186. The van der Waals surface area contributed by atoms with Gasteiger partial charge in [-0.1, -0.05) is 25.4 Å². The standard InChI is InChI=1S/C20H20ClN3O7/c1-12(2)10-22-20(27)23-18(25)11-30-19(26)13-3-6-15(7-4-13)31-17-8-5-14(21)9-16(17)24(28)29/h3-9,12H,10-11H2,1-2H3,(H2,22,23,25,27). The molecule has 2 aromatic carbocycles. The van der Waals surface area contributed by atoms with Crippen LogP contribution in [-0.2, 0) is 9.53 Å². The van der Waals surface area contributed by atoms with Crippen LogP contribution in [0, 0.1) is 16.0 Å². The number of benzene rings is 2. The van der Waals surface area contributed by atoms with Crippen molar-refractivity contribution in [2.75, 3.05) is 13.2 Å². The normalized spacial score (nSPS) is 10.3. The number of hydrogen-bond acceptors (Lipinski definition) is 7. The van der Waals surface area contributed by atoms with Crippen LogP contribution in [0.1, 0.15) is 24.2 Å². The second kappa shape index (κ2) is 10.9. The molecule has 0 saturated carbocycles. The highest BCUT2D eigenvalue weighted by atomic mass is 35.5. The van der Waals surface area contributed by atoms with Crippen LogP contribution in [0.3, 0.4) is 0 Å². The third-order valence-electron chi connectivity index (χ3n) is 3.69. The van der Waals surface area contributed by atoms with Crippen molar-refractivity contribution in [1.82, 2.24) is 10.6 Å². The minimum absolute atomic E-state index is 0.0165. The van der Waals surface area contributed by atoms with Crippen LogP contribution in [0.2, 0.25) is 5.02 Å². The van der Waals surface area contributed by atoms with E-state index in [0.29, 0.717) is 6.54 Å². The molecule has 3 amide bonds. The number of carbonyl (C=O) groups is 3. The number of nitro groups is 1. The van der Waals surface area contributed by atoms with Crippen molar-refractivity contribution in [3.63, 3.8) is 0 Å². The number of amides is 3. The van der Waals surface area contributed by atoms with Crippen LogP contribution >= 0.6 is 11.6 Å². The van der Waals surface area contributed by atoms with Gasteiger partial charge in [-0.3, -0.25) is 20.2 Å². The van der Waals surface area contributed by atoms with E-state index in [1.807, 2.05) is 19.2 Å². The fourth-order valence-electron chi connectivity index (χ4n) is 2.22. The number of rotatable bonds is 8. The van der Waals surface area contributed by atoms with Gasteiger partial charge in [0, 0.05) is 17.6 Å². The molecule has 2 aromatic rings. The molecule has 0 aliphatic carbocycles. The highest BCUT2D eigenvalue weighted by Crippen LogP contribution is 2.33. The maximum absolute atomic E-state index is 12.1. The maximum atomic E-state index is 12.1. The van der Waals surface area contributed by atoms with Gasteiger partial charge in [-0.2, -0.15) is 0 Å². The molecule has 0 heterocycles. The highest BCUT2D eigenvalue weighted by Gasteiger charge is 2.17. The second-order valence-corrected chi connectivity index (χ2v) is 7.16. The van der Waals surface area contributed by atoms with Crippen molar-refractivity contribution in [3.8, 4) is 11.5 Å². The smallest absolute Gasteiger partial charge is 0.338 e. The summed E-state index contributed by atoms with van der Waals surface area (Å²) < 4.78 is 10.3. The summed E-state index contributed by atoms with van der Waals surface area (Å²) in [4.78, 5) is 45.7. The first kappa shape index (κ1) is 23.6. The number of nitro benzene ring substituents is 1. The van der Waals surface area contributed by atoms with Crippen LogP contribution in [0.15, 0.2) is 42.5 Å². The van der Waals surface area contributed by atoms with Crippen molar-refractivity contribution >= 4 is 35.2 Å². The molecule has 0 saturated heterocycles. The van der Waals surface area contributed by atoms with Gasteiger partial charge >= 0.3 is 17.7 Å². The van der Waals surface area contributed by atoms with Crippen LogP contribution in [0.5, 0.6) is 11.5 Å². The number of nitrogens with one attached hydrogen (secondary N) is 2. The molecular formula is C20H20ClN3O7. The van der Waals surface area contributed by atoms with Gasteiger partial charge in [0.25, 0.3) is 5.91 Å². The van der Waals surface area contributed by atoms with E-state index < -0.39 is 29.4 Å². The molecule has 31 heavy (non-hydrogen) atoms. The zero-order valence-electron chi connectivity index (χ0n) is 16.7. The first-order chi connectivity index (χ1) is 14.7. The van der Waals surface area contributed by atoms with Crippen molar-refractivity contribution in [2.45, 2.75) is 13.8 Å². The molecule has 11 heteroatoms. The van der Waals surface area contributed by atoms with Crippen LogP contribution < -0.4 is 15.4 Å². The maximum Gasteiger partial charge on any atom is 0.338 e. The van der Waals surface area contributed by atoms with E-state index in [9.17, 15) is 24.5 Å². The number of ether oxygens (including phenoxy) is 2. The molecule has 0 unspecified atom stereocenters. The van der Waals surface area contributed by atoms with Gasteiger partial charge in [-0.05, 0) is 42.3 Å². The van der Waals surface area contributed by atoms with E-state index in [0.717, 1.165) is 6.07 Å². The Hall–Kier alpha value is -3.66. The quantitative estimate of drug-likeness (QED) is 0.356. The number of halogens is 1. The summed E-state index contributed by atoms with van der Waals surface area (Å²) in [6, 6.07) is 8.86. The van der Waals surface area contributed by atoms with E-state index >= 15 is 0 Å². The predicted octanol–water partition coefficient (Wildman–Crippen LogP) is 3.68. The Bertz CT molecular complexity index is 977. The van der Waals surface area contributed by atoms with Crippen molar-refractivity contribution in [2.24, 2.45) is 5.92 Å². The Morgan fingerprint density at radius 3 is 2.42 bits per heavy atom. The largest absolute Gasteiger partial charge is 0.452 e. The number of nitrogens with zero attached hydrogens (tertiary/aromatic N) is 1. The second-order valence-electron chi connectivity index (χ2n) is 6.72. The monoisotopic (exact) mass is 449 g/mol. The van der Waals surface area contributed by atoms with Gasteiger partial charge in [0.15, 0.2) is 6.61 Å². The van der Waals surface area contributed by atoms with Gasteiger partial charge in [0.2, 0.25) is 5.75 Å². The fraction of sp³-hybridized carbons (Fsp3) is 0.250. The van der Waals surface area contributed by atoms with Gasteiger partial charge in [-0.15, -0.1) is 0 Å². The number of esters is 1. The van der Waals surface area contributed by atoms with E-state index in [-0.39, 0.29) is 33.7 Å². The fourth-order valence-corrected chi connectivity index (χ4v) is 2.39. The molecule has 0 atom stereocenters. The van der Waals surface area contributed by atoms with Crippen molar-refractivity contribution in [3.05, 3.63) is 63.2 Å². The molecule has 0 aliphatic rings. The minimum Gasteiger partial charge on any atom is -0.452 e. The SMILES string of the molecule is CC(C)CNC(=O)NC(=O)COC(=O)c1ccc(Oc2ccc(Cl)cc2[N+](=O)[O-])cc1. The van der Waals surface area contributed by atoms with Gasteiger partial charge in [0.1, 0.15) is 5.75 Å². The lowest BCUT2D eigenvalue weighted by Crippen LogP contribution is -2.42. The first-order valence-corrected chi connectivity index (χ1v) is 9.50. The molecule has 0 aromatic heterocycles. The lowest BCUT2D eigenvalue weighted by molar-refractivity contribution is -0.385. The Balaban J connectivity index is 1.90. The first-order valence-electron chi connectivity index (χ1n) is 9.12. The number of hydrogen-bond donors (Lipinski definition) is 2. The van der Waals surface area contributed by atoms with E-state index in [1.165, 1.54) is 36.4 Å². The molecule has 2 rings (SSSR count). The molecule has 0 fully saturated rings. The van der Waals surface area contributed by atoms with E-state index in [2.05, 4.69) is 5.32 Å². The van der Waals surface area contributed by atoms with Gasteiger partial charge in [0.05, 0.1) is 10.5 Å². The third-order valence-corrected chi connectivity index (χ3v) is 3.93. The molecule has 0 aliphatic heterocycles. The zero-order valence-corrected chi connectivity index (χ0v) is 17.5. The predicted molar refractivity (Wildman–Crippen MR) is 111 cm³/mol. The Labute approximate surface area is 182 Å². The van der Waals surface area contributed by atoms with Crippen molar-refractivity contribution in [1.29, 1.82) is 0 Å². The summed E-state index contributed by atoms with van der Waals surface area (Å²) in [5.74, 6) is -1.12. The molecule has 0 bridgehead atoms. The Morgan fingerprint density at radius 2 is 1.81 bits per heavy atom. The molecular weight excluding hydrogens is 430 g/mol. The number of urea groups is 1. The van der Waals surface area contributed by atoms with Crippen LogP contribution in [0.25, 0.3) is 0 Å². The minimum atomic E-state index is -0.790. The molecule has 0 spiro atoms. The van der Waals surface area contributed by atoms with Gasteiger partial charge in [-0.25, -0.2) is 9.59 Å². The van der Waals surface area contributed by atoms with Crippen LogP contribution in [0.4, 0.5) is 10.5 Å². The van der Waals surface area contributed by atoms with Crippen molar-refractivity contribution < 1.29 is 28.8 Å². The summed E-state index contributed by atoms with van der Waals surface area (Å²) in [6.07, 6.45) is 0. The Morgan fingerprint density at radius 1 is 1.13 bits per heavy atom. The van der Waals surface area contributed by atoms with E-state index in [4.69, 9.17) is 21.1 Å². The molecule has 164 valence electrons. The summed E-state index contributed by atoms with van der Waals surface area (Å²) in [6.45, 7) is 3.56. The zero-order chi connectivity index (χ0) is 23.0. The summed E-state index contributed by atoms with van der Waals surface area (Å²) >= 11 is 5.77. The lowest BCUT2D eigenvalue weighted by atomic mass is 10.2. The lowest BCUT2D eigenvalue weighted by Gasteiger charge is -2.09. The summed E-state index contributed by atoms with van der Waals surface area (Å²) in [7, 11) is 0. The topological polar surface area (TPSA) is 137 Å².